The van der Waals surface area contributed by atoms with E-state index in [9.17, 15) is 23.5 Å². The summed E-state index contributed by atoms with van der Waals surface area (Å²) in [4.78, 5) is 41.2. The van der Waals surface area contributed by atoms with E-state index in [0.717, 1.165) is 23.1 Å². The van der Waals surface area contributed by atoms with Gasteiger partial charge in [0.15, 0.2) is 11.4 Å². The van der Waals surface area contributed by atoms with Crippen LogP contribution in [0.3, 0.4) is 0 Å². The molecule has 1 aliphatic rings. The van der Waals surface area contributed by atoms with E-state index < -0.39 is 40.3 Å². The second kappa shape index (κ2) is 12.2. The molecule has 1 atom stereocenters. The van der Waals surface area contributed by atoms with E-state index in [-0.39, 0.29) is 22.2 Å². The Kier molecular flexibility index (Phi) is 8.69. The number of carbonyl (C=O) groups excluding carboxylic acids is 1. The highest BCUT2D eigenvalue weighted by Crippen LogP contribution is 2.44. The normalized spacial score (nSPS) is 15.7. The van der Waals surface area contributed by atoms with Crippen LogP contribution < -0.4 is 27.2 Å². The van der Waals surface area contributed by atoms with Gasteiger partial charge in [-0.05, 0) is 48.9 Å². The minimum absolute atomic E-state index is 0.141. The first kappa shape index (κ1) is 31.4. The lowest BCUT2D eigenvalue weighted by molar-refractivity contribution is -0.0618. The van der Waals surface area contributed by atoms with Crippen molar-refractivity contribution >= 4 is 52.2 Å². The van der Waals surface area contributed by atoms with Crippen molar-refractivity contribution in [3.05, 3.63) is 69.7 Å². The number of aromatic nitrogens is 4. The number of nitrogens with two attached hydrogens (primary N) is 2. The third kappa shape index (κ3) is 6.01. The van der Waals surface area contributed by atoms with Crippen molar-refractivity contribution in [2.75, 3.05) is 29.0 Å². The summed E-state index contributed by atoms with van der Waals surface area (Å²) in [7, 11) is 0. The van der Waals surface area contributed by atoms with Crippen molar-refractivity contribution < 1.29 is 18.7 Å². The molecule has 0 saturated carbocycles. The zero-order valence-electron chi connectivity index (χ0n) is 23.9. The molecule has 6 N–H and O–H groups in total. The Balaban J connectivity index is 1.31. The zero-order chi connectivity index (χ0) is 31.8. The molecule has 44 heavy (non-hydrogen) atoms. The van der Waals surface area contributed by atoms with Gasteiger partial charge in [-0.3, -0.25) is 14.0 Å². The van der Waals surface area contributed by atoms with Crippen molar-refractivity contribution in [1.82, 2.24) is 19.4 Å². The fourth-order valence-electron chi connectivity index (χ4n) is 5.47. The molecule has 0 unspecified atom stereocenters. The van der Waals surface area contributed by atoms with Crippen LogP contribution >= 0.6 is 23.4 Å². The predicted molar refractivity (Wildman–Crippen MR) is 166 cm³/mol. The number of amides is 1. The summed E-state index contributed by atoms with van der Waals surface area (Å²) in [6.07, 6.45) is 4.52. The molecule has 1 fully saturated rings. The summed E-state index contributed by atoms with van der Waals surface area (Å²) in [5.74, 6) is -3.90. The number of piperidine rings is 1. The molecule has 1 saturated heterocycles. The fourth-order valence-corrected chi connectivity index (χ4v) is 6.57. The number of hydrogen-bond donors (Lipinski definition) is 4. The minimum Gasteiger partial charge on any atom is -0.493 e. The van der Waals surface area contributed by atoms with E-state index in [0.29, 0.717) is 48.1 Å². The monoisotopic (exact) mass is 644 g/mol. The van der Waals surface area contributed by atoms with Crippen LogP contribution in [0.15, 0.2) is 63.5 Å². The van der Waals surface area contributed by atoms with Gasteiger partial charge in [0.2, 0.25) is 5.88 Å². The van der Waals surface area contributed by atoms with Crippen LogP contribution in [0.5, 0.6) is 5.88 Å². The van der Waals surface area contributed by atoms with Gasteiger partial charge in [-0.15, -0.1) is 0 Å². The molecule has 0 aliphatic carbocycles. The molecule has 4 aromatic rings. The molecular weight excluding hydrogens is 614 g/mol. The highest BCUT2D eigenvalue weighted by Gasteiger charge is 2.48. The maximum absolute atomic E-state index is 14.1. The second-order valence-electron chi connectivity index (χ2n) is 10.8. The van der Waals surface area contributed by atoms with Crippen molar-refractivity contribution in [3.63, 3.8) is 0 Å². The summed E-state index contributed by atoms with van der Waals surface area (Å²) in [6.45, 7) is 3.73. The highest BCUT2D eigenvalue weighted by atomic mass is 35.5. The Morgan fingerprint density at radius 3 is 2.61 bits per heavy atom. The highest BCUT2D eigenvalue weighted by molar-refractivity contribution is 7.99. The number of pyridine rings is 1. The van der Waals surface area contributed by atoms with Crippen molar-refractivity contribution in [3.8, 4) is 5.88 Å². The Morgan fingerprint density at radius 2 is 1.95 bits per heavy atom. The van der Waals surface area contributed by atoms with E-state index in [4.69, 9.17) is 23.1 Å². The summed E-state index contributed by atoms with van der Waals surface area (Å²) >= 11 is 7.73. The molecule has 4 heterocycles. The van der Waals surface area contributed by atoms with Gasteiger partial charge in [0.25, 0.3) is 17.4 Å². The van der Waals surface area contributed by atoms with Gasteiger partial charge in [0.1, 0.15) is 16.5 Å². The van der Waals surface area contributed by atoms with Crippen molar-refractivity contribution in [1.29, 1.82) is 0 Å². The third-order valence-corrected chi connectivity index (χ3v) is 9.69. The van der Waals surface area contributed by atoms with Gasteiger partial charge in [0, 0.05) is 31.1 Å². The molecule has 5 rings (SSSR count). The lowest BCUT2D eigenvalue weighted by Gasteiger charge is -2.46. The quantitative estimate of drug-likeness (QED) is 0.209. The molecule has 0 radical (unpaired) electrons. The Bertz CT molecular complexity index is 1780. The van der Waals surface area contributed by atoms with Crippen LogP contribution in [0.25, 0.3) is 5.65 Å². The predicted octanol–water partition coefficient (Wildman–Crippen LogP) is 4.81. The van der Waals surface area contributed by atoms with E-state index in [1.165, 1.54) is 12.3 Å². The van der Waals surface area contributed by atoms with Gasteiger partial charge in [-0.25, -0.2) is 18.7 Å². The van der Waals surface area contributed by atoms with E-state index in [2.05, 4.69) is 20.3 Å². The molecule has 11 nitrogen and oxygen atoms in total. The maximum Gasteiger partial charge on any atom is 0.274 e. The molecule has 0 bridgehead atoms. The summed E-state index contributed by atoms with van der Waals surface area (Å²) in [5.41, 5.74) is 10.7. The van der Waals surface area contributed by atoms with E-state index in [1.54, 1.807) is 36.5 Å². The van der Waals surface area contributed by atoms with Gasteiger partial charge in [-0.2, -0.15) is 4.98 Å². The number of hydrogen-bond acceptors (Lipinski definition) is 10. The third-order valence-electron chi connectivity index (χ3n) is 8.10. The molecule has 232 valence electrons. The SMILES string of the molecule is CCC1([C@H](N)C(C)(F)F)CCN(c2cnc(Sc3cccc(NC(=O)c4c(O)nc5ccccn5c4=O)c3Cl)c(N)n2)CC1. The number of fused-ring (bicyclic) bond motifs is 1. The van der Waals surface area contributed by atoms with Crippen molar-refractivity contribution in [2.45, 2.75) is 55.0 Å². The van der Waals surface area contributed by atoms with Gasteiger partial charge in [-0.1, -0.05) is 42.4 Å². The molecule has 0 spiro atoms. The van der Waals surface area contributed by atoms with Crippen molar-refractivity contribution in [2.24, 2.45) is 11.1 Å². The van der Waals surface area contributed by atoms with Crippen LogP contribution in [0, 0.1) is 5.41 Å². The topological polar surface area (TPSA) is 165 Å². The molecular formula is C29H31ClF2N8O3S. The standard InChI is InChI=1S/C29H31ClF2N8O3S/c1-3-29(27(34)28(2,31)32)10-13-39(14-11-29)19-15-35-25(22(33)37-19)44-17-8-6-7-16(21(17)30)36-23(41)20-24(42)38-18-9-4-5-12-40(18)26(20)43/h4-9,12,15,27,42H,3,10-11,13-14,34H2,1-2H3,(H2,33,37)(H,36,41)/t27-/m1/s1. The average molecular weight is 645 g/mol. The Labute approximate surface area is 260 Å². The van der Waals surface area contributed by atoms with E-state index in [1.807, 2.05) is 11.8 Å². The number of rotatable bonds is 8. The minimum atomic E-state index is -2.98. The molecule has 1 aromatic carbocycles. The first-order valence-electron chi connectivity index (χ1n) is 13.8. The number of carbonyl (C=O) groups is 1. The molecule has 15 heteroatoms. The van der Waals surface area contributed by atoms with Gasteiger partial charge in [0.05, 0.1) is 22.9 Å². The summed E-state index contributed by atoms with van der Waals surface area (Å²) < 4.78 is 29.3. The molecule has 1 amide bonds. The molecule has 3 aromatic heterocycles. The van der Waals surface area contributed by atoms with Crippen LogP contribution in [-0.4, -0.2) is 55.4 Å². The fraction of sp³-hybridized carbons (Fsp3) is 0.345. The Morgan fingerprint density at radius 1 is 1.23 bits per heavy atom. The van der Waals surface area contributed by atoms with Crippen LogP contribution in [0.1, 0.15) is 43.5 Å². The number of benzene rings is 1. The number of aromatic hydroxyl groups is 1. The van der Waals surface area contributed by atoms with Gasteiger partial charge >= 0.3 is 0 Å². The molecule has 1 aliphatic heterocycles. The average Bonchev–Trinajstić information content (AvgIpc) is 2.99. The summed E-state index contributed by atoms with van der Waals surface area (Å²) in [6, 6.07) is 8.42. The number of halogens is 3. The number of nitrogens with zero attached hydrogens (tertiary/aromatic N) is 5. The first-order chi connectivity index (χ1) is 20.8. The smallest absolute Gasteiger partial charge is 0.274 e. The Hall–Kier alpha value is -4.01. The second-order valence-corrected chi connectivity index (χ2v) is 12.2. The number of nitrogens with one attached hydrogen (secondary N) is 1. The lowest BCUT2D eigenvalue weighted by atomic mass is 9.69. The van der Waals surface area contributed by atoms with Crippen LogP contribution in [-0.2, 0) is 0 Å². The zero-order valence-corrected chi connectivity index (χ0v) is 25.5. The largest absolute Gasteiger partial charge is 0.493 e. The maximum atomic E-state index is 14.1. The number of anilines is 3. The van der Waals surface area contributed by atoms with Gasteiger partial charge < -0.3 is 26.8 Å². The van der Waals surface area contributed by atoms with Crippen LogP contribution in [0.2, 0.25) is 5.02 Å². The van der Waals surface area contributed by atoms with Crippen LogP contribution in [0.4, 0.5) is 26.1 Å². The number of alkyl halides is 2. The lowest BCUT2D eigenvalue weighted by Crippen LogP contribution is -2.56. The number of nitrogen functional groups attached to an aromatic ring is 1. The van der Waals surface area contributed by atoms with E-state index >= 15 is 0 Å². The summed E-state index contributed by atoms with van der Waals surface area (Å²) in [5, 5.41) is 13.4. The first-order valence-corrected chi connectivity index (χ1v) is 15.0.